The number of carbonyl (C=O) groups excluding carboxylic acids is 1. The third-order valence-electron chi connectivity index (χ3n) is 1.52. The van der Waals surface area contributed by atoms with E-state index in [9.17, 15) is 4.79 Å². The van der Waals surface area contributed by atoms with Crippen LogP contribution >= 0.6 is 0 Å². The Morgan fingerprint density at radius 3 is 2.58 bits per heavy atom. The Hall–Kier alpha value is -1.18. The third kappa shape index (κ3) is 3.86. The standard InChI is InChI=1S/C10H15NO/c1-5-8(3)7-11-9(4)10(12)6-2/h5,7H,4,6H2,1-3H3/b8-5-,11-7?. The lowest BCUT2D eigenvalue weighted by molar-refractivity contribution is -0.115. The van der Waals surface area contributed by atoms with Gasteiger partial charge < -0.3 is 0 Å². The molecule has 0 spiro atoms. The second-order valence-corrected chi connectivity index (χ2v) is 2.51. The van der Waals surface area contributed by atoms with Gasteiger partial charge in [-0.15, -0.1) is 0 Å². The first kappa shape index (κ1) is 10.8. The maximum Gasteiger partial charge on any atom is 0.180 e. The number of aliphatic imine (C=N–C) groups is 1. The van der Waals surface area contributed by atoms with Crippen LogP contribution in [0.2, 0.25) is 0 Å². The molecule has 0 aliphatic rings. The molecule has 0 saturated carbocycles. The number of rotatable bonds is 4. The zero-order valence-corrected chi connectivity index (χ0v) is 7.92. The van der Waals surface area contributed by atoms with Gasteiger partial charge >= 0.3 is 0 Å². The maximum atomic E-state index is 11.0. The second kappa shape index (κ2) is 5.47. The molecule has 0 amide bonds. The second-order valence-electron chi connectivity index (χ2n) is 2.51. The molecule has 0 aromatic carbocycles. The molecule has 0 heterocycles. The highest BCUT2D eigenvalue weighted by molar-refractivity contribution is 5.96. The van der Waals surface area contributed by atoms with E-state index in [2.05, 4.69) is 11.6 Å². The maximum absolute atomic E-state index is 11.0. The summed E-state index contributed by atoms with van der Waals surface area (Å²) < 4.78 is 0. The van der Waals surface area contributed by atoms with Crippen molar-refractivity contribution in [2.75, 3.05) is 0 Å². The van der Waals surface area contributed by atoms with Gasteiger partial charge in [-0.3, -0.25) is 9.79 Å². The van der Waals surface area contributed by atoms with Crippen molar-refractivity contribution in [3.05, 3.63) is 23.9 Å². The van der Waals surface area contributed by atoms with Gasteiger partial charge in [0, 0.05) is 12.6 Å². The van der Waals surface area contributed by atoms with Crippen LogP contribution in [0.25, 0.3) is 0 Å². The molecule has 12 heavy (non-hydrogen) atoms. The van der Waals surface area contributed by atoms with Gasteiger partial charge in [-0.05, 0) is 19.4 Å². The molecule has 0 radical (unpaired) electrons. The number of carbonyl (C=O) groups is 1. The Balaban J connectivity index is 4.18. The van der Waals surface area contributed by atoms with Gasteiger partial charge in [0.1, 0.15) is 0 Å². The van der Waals surface area contributed by atoms with E-state index >= 15 is 0 Å². The van der Waals surface area contributed by atoms with Gasteiger partial charge in [-0.1, -0.05) is 19.6 Å². The average Bonchev–Trinajstić information content (AvgIpc) is 2.11. The number of nitrogens with zero attached hydrogens (tertiary/aromatic N) is 1. The third-order valence-corrected chi connectivity index (χ3v) is 1.52. The smallest absolute Gasteiger partial charge is 0.180 e. The van der Waals surface area contributed by atoms with Crippen molar-refractivity contribution in [1.29, 1.82) is 0 Å². The molecular formula is C10H15NO. The molecule has 0 fully saturated rings. The predicted molar refractivity (Wildman–Crippen MR) is 52.4 cm³/mol. The Bertz CT molecular complexity index is 236. The predicted octanol–water partition coefficient (Wildman–Crippen LogP) is 2.52. The quantitative estimate of drug-likeness (QED) is 0.465. The molecule has 0 rings (SSSR count). The van der Waals surface area contributed by atoms with Crippen LogP contribution in [0.5, 0.6) is 0 Å². The number of hydrogen-bond acceptors (Lipinski definition) is 2. The molecular weight excluding hydrogens is 150 g/mol. The van der Waals surface area contributed by atoms with Crippen LogP contribution in [-0.2, 0) is 4.79 Å². The summed E-state index contributed by atoms with van der Waals surface area (Å²) in [4.78, 5) is 14.9. The van der Waals surface area contributed by atoms with Gasteiger partial charge in [0.25, 0.3) is 0 Å². The molecule has 0 unspecified atom stereocenters. The Morgan fingerprint density at radius 1 is 1.58 bits per heavy atom. The first-order valence-corrected chi connectivity index (χ1v) is 4.00. The topological polar surface area (TPSA) is 29.4 Å². The minimum absolute atomic E-state index is 0.00449. The number of hydrogen-bond donors (Lipinski definition) is 0. The zero-order chi connectivity index (χ0) is 9.56. The molecule has 0 aliphatic heterocycles. The lowest BCUT2D eigenvalue weighted by Gasteiger charge is -1.93. The summed E-state index contributed by atoms with van der Waals surface area (Å²) in [6.07, 6.45) is 4.04. The summed E-state index contributed by atoms with van der Waals surface area (Å²) in [7, 11) is 0. The monoisotopic (exact) mass is 165 g/mol. The molecule has 2 heteroatoms. The lowest BCUT2D eigenvalue weighted by Crippen LogP contribution is -1.96. The normalized spacial score (nSPS) is 12.1. The van der Waals surface area contributed by atoms with Crippen molar-refractivity contribution in [2.24, 2.45) is 4.99 Å². The molecule has 2 nitrogen and oxygen atoms in total. The molecule has 0 aromatic rings. The Morgan fingerprint density at radius 2 is 2.17 bits per heavy atom. The van der Waals surface area contributed by atoms with Crippen LogP contribution in [0.1, 0.15) is 27.2 Å². The summed E-state index contributed by atoms with van der Waals surface area (Å²) in [5, 5.41) is 0. The van der Waals surface area contributed by atoms with E-state index in [1.165, 1.54) is 0 Å². The van der Waals surface area contributed by atoms with Crippen molar-refractivity contribution >= 4 is 12.0 Å². The number of ketones is 1. The fourth-order valence-electron chi connectivity index (χ4n) is 0.530. The highest BCUT2D eigenvalue weighted by Gasteiger charge is 1.99. The highest BCUT2D eigenvalue weighted by atomic mass is 16.1. The first-order chi connectivity index (χ1) is 5.61. The number of allylic oxidation sites excluding steroid dienone is 3. The van der Waals surface area contributed by atoms with Gasteiger partial charge in [0.15, 0.2) is 5.78 Å². The van der Waals surface area contributed by atoms with Gasteiger partial charge in [-0.25, -0.2) is 0 Å². The van der Waals surface area contributed by atoms with Crippen molar-refractivity contribution in [3.63, 3.8) is 0 Å². The van der Waals surface area contributed by atoms with E-state index in [-0.39, 0.29) is 5.78 Å². The van der Waals surface area contributed by atoms with Crippen LogP contribution in [0.15, 0.2) is 28.9 Å². The summed E-state index contributed by atoms with van der Waals surface area (Å²) in [5.74, 6) is -0.00449. The molecule has 66 valence electrons. The molecule has 0 aromatic heterocycles. The molecule has 0 aliphatic carbocycles. The van der Waals surface area contributed by atoms with E-state index < -0.39 is 0 Å². The zero-order valence-electron chi connectivity index (χ0n) is 7.92. The van der Waals surface area contributed by atoms with E-state index in [1.807, 2.05) is 19.9 Å². The Labute approximate surface area is 73.7 Å². The van der Waals surface area contributed by atoms with Crippen molar-refractivity contribution in [1.82, 2.24) is 0 Å². The Kier molecular flexibility index (Phi) is 4.93. The van der Waals surface area contributed by atoms with Crippen molar-refractivity contribution in [2.45, 2.75) is 27.2 Å². The van der Waals surface area contributed by atoms with Crippen molar-refractivity contribution in [3.8, 4) is 0 Å². The average molecular weight is 165 g/mol. The van der Waals surface area contributed by atoms with Crippen LogP contribution in [0, 0.1) is 0 Å². The van der Waals surface area contributed by atoms with Crippen LogP contribution in [0.4, 0.5) is 0 Å². The first-order valence-electron chi connectivity index (χ1n) is 4.00. The van der Waals surface area contributed by atoms with E-state index in [0.717, 1.165) is 5.57 Å². The molecule has 0 saturated heterocycles. The van der Waals surface area contributed by atoms with Crippen LogP contribution in [0.3, 0.4) is 0 Å². The molecule has 0 atom stereocenters. The lowest BCUT2D eigenvalue weighted by atomic mass is 10.2. The van der Waals surface area contributed by atoms with E-state index in [0.29, 0.717) is 12.1 Å². The van der Waals surface area contributed by atoms with Gasteiger partial charge in [0.05, 0.1) is 5.70 Å². The fraction of sp³-hybridized carbons (Fsp3) is 0.400. The minimum Gasteiger partial charge on any atom is -0.292 e. The fourth-order valence-corrected chi connectivity index (χ4v) is 0.530. The van der Waals surface area contributed by atoms with E-state index in [1.54, 1.807) is 13.1 Å². The van der Waals surface area contributed by atoms with E-state index in [4.69, 9.17) is 0 Å². The molecule has 0 N–H and O–H groups in total. The molecule has 0 bridgehead atoms. The number of Topliss-reactive ketones (excluding diaryl/α,β-unsaturated/α-hetero) is 1. The minimum atomic E-state index is -0.00449. The van der Waals surface area contributed by atoms with Crippen molar-refractivity contribution < 1.29 is 4.79 Å². The van der Waals surface area contributed by atoms with Gasteiger partial charge in [0.2, 0.25) is 0 Å². The summed E-state index contributed by atoms with van der Waals surface area (Å²) in [6.45, 7) is 9.20. The summed E-state index contributed by atoms with van der Waals surface area (Å²) in [6, 6.07) is 0. The SMILES string of the molecule is C=C(N=C/C(C)=C\C)C(=O)CC. The summed E-state index contributed by atoms with van der Waals surface area (Å²) in [5.41, 5.74) is 1.36. The summed E-state index contributed by atoms with van der Waals surface area (Å²) >= 11 is 0. The largest absolute Gasteiger partial charge is 0.292 e. The highest BCUT2D eigenvalue weighted by Crippen LogP contribution is 1.98. The van der Waals surface area contributed by atoms with Gasteiger partial charge in [-0.2, -0.15) is 0 Å². The van der Waals surface area contributed by atoms with Crippen LogP contribution in [-0.4, -0.2) is 12.0 Å². The van der Waals surface area contributed by atoms with Crippen LogP contribution < -0.4 is 0 Å².